The monoisotopic (exact) mass is 481 g/mol. The molecule has 33 heavy (non-hydrogen) atoms. The van der Waals surface area contributed by atoms with Crippen LogP contribution < -0.4 is 4.87 Å². The highest BCUT2D eigenvalue weighted by atomic mass is 32.2. The van der Waals surface area contributed by atoms with Gasteiger partial charge in [0.25, 0.3) is 0 Å². The maximum absolute atomic E-state index is 13.2. The molecule has 168 valence electrons. The second-order valence-electron chi connectivity index (χ2n) is 9.41. The number of amides is 2. The van der Waals surface area contributed by atoms with E-state index in [0.29, 0.717) is 0 Å². The quantitative estimate of drug-likeness (QED) is 0.494. The molecule has 2 aliphatic carbocycles. The molecular weight excluding hydrogens is 462 g/mol. The Morgan fingerprint density at radius 3 is 2.67 bits per heavy atom. The number of thioether (sulfide) groups is 1. The number of H-pyrrole nitrogens is 2. The zero-order chi connectivity index (χ0) is 22.6. The first-order chi connectivity index (χ1) is 15.9. The molecule has 3 aromatic rings. The molecule has 0 unspecified atom stereocenters. The predicted molar refractivity (Wildman–Crippen MR) is 121 cm³/mol. The number of likely N-dealkylation sites (tertiary alicyclic amines) is 1. The second kappa shape index (κ2) is 6.60. The van der Waals surface area contributed by atoms with Gasteiger partial charge in [-0.2, -0.15) is 0 Å². The van der Waals surface area contributed by atoms with E-state index in [9.17, 15) is 24.3 Å². The Labute approximate surface area is 195 Å². The summed E-state index contributed by atoms with van der Waals surface area (Å²) in [7, 11) is 0. The lowest BCUT2D eigenvalue weighted by molar-refractivity contribution is -0.149. The number of hydrogen-bond acceptors (Lipinski definition) is 6. The summed E-state index contributed by atoms with van der Waals surface area (Å²) in [6.07, 6.45) is 2.80. The Morgan fingerprint density at radius 2 is 1.88 bits per heavy atom. The minimum atomic E-state index is -1.17. The average molecular weight is 482 g/mol. The molecule has 2 bridgehead atoms. The third-order valence-electron chi connectivity index (χ3n) is 8.06. The SMILES string of the molecule is O=C(O)CN1C(=O)[C@@H]2[C@H]3C[C@@H]([C@@H]4Sc5[nH]c(=O)sc5[C@H](c5c[nH]c6ccccc56)[C@@H]34)[C@H]2C1=O. The van der Waals surface area contributed by atoms with Gasteiger partial charge in [-0.05, 0) is 35.8 Å². The number of carbonyl (C=O) groups excluding carboxylic acids is 2. The highest BCUT2D eigenvalue weighted by molar-refractivity contribution is 8.00. The predicted octanol–water partition coefficient (Wildman–Crippen LogP) is 2.48. The Hall–Kier alpha value is -2.85. The van der Waals surface area contributed by atoms with Crippen LogP contribution in [0.2, 0.25) is 0 Å². The van der Waals surface area contributed by atoms with Crippen LogP contribution in [0.25, 0.3) is 10.9 Å². The largest absolute Gasteiger partial charge is 0.480 e. The lowest BCUT2D eigenvalue weighted by atomic mass is 9.68. The number of nitrogens with zero attached hydrogens (tertiary/aromatic N) is 1. The van der Waals surface area contributed by atoms with Gasteiger partial charge in [0.05, 0.1) is 16.9 Å². The van der Waals surface area contributed by atoms with Crippen LogP contribution in [0.3, 0.4) is 0 Å². The van der Waals surface area contributed by atoms with E-state index in [-0.39, 0.29) is 45.6 Å². The molecule has 7 rings (SSSR count). The van der Waals surface area contributed by atoms with E-state index in [4.69, 9.17) is 0 Å². The number of aromatic amines is 2. The molecular formula is C23H19N3O5S2. The van der Waals surface area contributed by atoms with Gasteiger partial charge < -0.3 is 15.1 Å². The Balaban J connectivity index is 1.38. The maximum atomic E-state index is 13.2. The number of nitrogens with one attached hydrogen (secondary N) is 2. The molecule has 2 aromatic heterocycles. The Morgan fingerprint density at radius 1 is 1.12 bits per heavy atom. The first-order valence-electron chi connectivity index (χ1n) is 11.0. The topological polar surface area (TPSA) is 123 Å². The molecule has 0 spiro atoms. The third kappa shape index (κ3) is 2.48. The van der Waals surface area contributed by atoms with Gasteiger partial charge in [0.2, 0.25) is 11.8 Å². The molecule has 1 saturated heterocycles. The summed E-state index contributed by atoms with van der Waals surface area (Å²) in [6.45, 7) is -0.570. The van der Waals surface area contributed by atoms with Crippen molar-refractivity contribution in [3.8, 4) is 0 Å². The van der Waals surface area contributed by atoms with Crippen LogP contribution in [0.4, 0.5) is 0 Å². The third-order valence-corrected chi connectivity index (χ3v) is 10.7. The van der Waals surface area contributed by atoms with E-state index < -0.39 is 24.3 Å². The first-order valence-corrected chi connectivity index (χ1v) is 12.7. The maximum Gasteiger partial charge on any atom is 0.323 e. The van der Waals surface area contributed by atoms with Gasteiger partial charge in [0.15, 0.2) is 0 Å². The number of benzene rings is 1. The zero-order valence-corrected chi connectivity index (χ0v) is 18.8. The smallest absolute Gasteiger partial charge is 0.323 e. The lowest BCUT2D eigenvalue weighted by Gasteiger charge is -2.42. The van der Waals surface area contributed by atoms with Gasteiger partial charge in [-0.25, -0.2) is 0 Å². The van der Waals surface area contributed by atoms with Crippen LogP contribution in [0.15, 0.2) is 40.3 Å². The van der Waals surface area contributed by atoms with Gasteiger partial charge in [-0.3, -0.25) is 24.1 Å². The zero-order valence-electron chi connectivity index (χ0n) is 17.2. The summed E-state index contributed by atoms with van der Waals surface area (Å²) < 4.78 is 0. The van der Waals surface area contributed by atoms with Crippen LogP contribution in [-0.4, -0.2) is 49.6 Å². The highest BCUT2D eigenvalue weighted by Gasteiger charge is 2.69. The number of carboxylic acids is 1. The number of imide groups is 1. The van der Waals surface area contributed by atoms with Crippen LogP contribution in [0.1, 0.15) is 22.8 Å². The molecule has 1 aromatic carbocycles. The minimum absolute atomic E-state index is 0.00509. The van der Waals surface area contributed by atoms with Crippen molar-refractivity contribution in [3.63, 3.8) is 0 Å². The van der Waals surface area contributed by atoms with Crippen molar-refractivity contribution in [2.75, 3.05) is 6.54 Å². The number of aromatic nitrogens is 2. The highest BCUT2D eigenvalue weighted by Crippen LogP contribution is 2.68. The molecule has 2 aliphatic heterocycles. The molecule has 10 heteroatoms. The number of carbonyl (C=O) groups is 3. The fourth-order valence-electron chi connectivity index (χ4n) is 7.07. The molecule has 2 saturated carbocycles. The number of para-hydroxylation sites is 1. The van der Waals surface area contributed by atoms with Crippen molar-refractivity contribution in [1.29, 1.82) is 0 Å². The molecule has 2 amide bonds. The molecule has 4 heterocycles. The van der Waals surface area contributed by atoms with E-state index in [2.05, 4.69) is 16.0 Å². The number of rotatable bonds is 3. The molecule has 3 N–H and O–H groups in total. The number of carboxylic acid groups (broad SMARTS) is 1. The number of hydrogen-bond donors (Lipinski definition) is 3. The summed E-state index contributed by atoms with van der Waals surface area (Å²) >= 11 is 2.86. The van der Waals surface area contributed by atoms with Gasteiger partial charge in [-0.15, -0.1) is 11.8 Å². The standard InChI is InChI=1S/C23H19N3O5S2/c27-13(28)7-26-21(29)16-9-5-10(17(16)22(26)30)18-14(9)15(19-20(32-18)25-23(31)33-19)11-6-24-12-4-2-1-3-8(11)12/h1-4,6,9-10,14-18,24H,5,7H2,(H,25,31)(H,27,28)/t9-,10+,14+,15+,16+,17+,18-/m0/s1. The fourth-order valence-corrected chi connectivity index (χ4v) is 9.95. The Kier molecular flexibility index (Phi) is 3.92. The van der Waals surface area contributed by atoms with Gasteiger partial charge in [0.1, 0.15) is 6.54 Å². The fraction of sp³-hybridized carbons (Fsp3) is 0.391. The summed E-state index contributed by atoms with van der Waals surface area (Å²) in [5, 5.41) is 11.3. The Bertz CT molecular complexity index is 1420. The molecule has 7 atom stereocenters. The van der Waals surface area contributed by atoms with Crippen LogP contribution >= 0.6 is 23.1 Å². The van der Waals surface area contributed by atoms with Gasteiger partial charge in [-0.1, -0.05) is 29.5 Å². The van der Waals surface area contributed by atoms with E-state index in [1.807, 2.05) is 24.4 Å². The van der Waals surface area contributed by atoms with E-state index >= 15 is 0 Å². The van der Waals surface area contributed by atoms with Crippen molar-refractivity contribution >= 4 is 51.8 Å². The molecule has 3 fully saturated rings. The summed E-state index contributed by atoms with van der Waals surface area (Å²) in [5.41, 5.74) is 2.13. The van der Waals surface area contributed by atoms with Gasteiger partial charge >= 0.3 is 10.8 Å². The van der Waals surface area contributed by atoms with E-state index in [0.717, 1.165) is 37.7 Å². The number of thiazole rings is 1. The summed E-state index contributed by atoms with van der Waals surface area (Å²) in [4.78, 5) is 58.2. The molecule has 8 nitrogen and oxygen atoms in total. The summed E-state index contributed by atoms with van der Waals surface area (Å²) in [5.74, 6) is -2.75. The van der Waals surface area contributed by atoms with Crippen molar-refractivity contribution in [2.24, 2.45) is 29.6 Å². The number of aliphatic carboxylic acids is 1. The first kappa shape index (κ1) is 19.6. The lowest BCUT2D eigenvalue weighted by Crippen LogP contribution is -2.42. The van der Waals surface area contributed by atoms with Crippen LogP contribution in [0, 0.1) is 29.6 Å². The second-order valence-corrected chi connectivity index (χ2v) is 11.6. The van der Waals surface area contributed by atoms with Gasteiger partial charge in [0, 0.05) is 33.1 Å². The summed E-state index contributed by atoms with van der Waals surface area (Å²) in [6, 6.07) is 8.06. The van der Waals surface area contributed by atoms with Crippen molar-refractivity contribution in [1.82, 2.24) is 14.9 Å². The van der Waals surface area contributed by atoms with Crippen LogP contribution in [-0.2, 0) is 14.4 Å². The number of fused-ring (bicyclic) bond motifs is 10. The minimum Gasteiger partial charge on any atom is -0.480 e. The van der Waals surface area contributed by atoms with E-state index in [1.165, 1.54) is 11.3 Å². The molecule has 0 radical (unpaired) electrons. The molecule has 4 aliphatic rings. The van der Waals surface area contributed by atoms with Crippen molar-refractivity contribution < 1.29 is 19.5 Å². The average Bonchev–Trinajstić information content (AvgIpc) is 3.57. The normalized spacial score (nSPS) is 34.1. The van der Waals surface area contributed by atoms with E-state index in [1.54, 1.807) is 11.8 Å². The van der Waals surface area contributed by atoms with Crippen molar-refractivity contribution in [2.45, 2.75) is 22.6 Å². The van der Waals surface area contributed by atoms with Crippen molar-refractivity contribution in [3.05, 3.63) is 50.6 Å². The van der Waals surface area contributed by atoms with Crippen LogP contribution in [0.5, 0.6) is 0 Å².